The van der Waals surface area contributed by atoms with E-state index < -0.39 is 17.5 Å². The van der Waals surface area contributed by atoms with Crippen molar-refractivity contribution >= 4 is 28.8 Å². The highest BCUT2D eigenvalue weighted by atomic mass is 16.3. The van der Waals surface area contributed by atoms with Crippen LogP contribution < -0.4 is 10.6 Å². The van der Waals surface area contributed by atoms with E-state index in [1.165, 1.54) is 22.3 Å². The first-order valence-electron chi connectivity index (χ1n) is 11.9. The molecule has 0 bridgehead atoms. The Morgan fingerprint density at radius 1 is 1.09 bits per heavy atom. The van der Waals surface area contributed by atoms with Gasteiger partial charge in [0.1, 0.15) is 17.9 Å². The van der Waals surface area contributed by atoms with E-state index in [9.17, 15) is 14.4 Å². The number of hydrogen-bond acceptors (Lipinski definition) is 4. The third-order valence-electron chi connectivity index (χ3n) is 6.75. The van der Waals surface area contributed by atoms with Crippen molar-refractivity contribution in [2.75, 3.05) is 13.1 Å². The molecule has 1 saturated heterocycles. The van der Waals surface area contributed by atoms with Crippen LogP contribution in [0.15, 0.2) is 46.9 Å². The van der Waals surface area contributed by atoms with Gasteiger partial charge in [-0.2, -0.15) is 0 Å². The molecule has 184 valence electrons. The van der Waals surface area contributed by atoms with Crippen LogP contribution in [0.3, 0.4) is 0 Å². The number of carbonyl (C=O) groups is 3. The summed E-state index contributed by atoms with van der Waals surface area (Å²) in [6, 6.07) is 12.9. The van der Waals surface area contributed by atoms with Gasteiger partial charge in [0.15, 0.2) is 5.54 Å². The first-order valence-corrected chi connectivity index (χ1v) is 11.9. The van der Waals surface area contributed by atoms with Crippen LogP contribution in [0, 0.1) is 13.8 Å². The van der Waals surface area contributed by atoms with Crippen LogP contribution in [0.2, 0.25) is 0 Å². The number of aryl methyl sites for hydroxylation is 2. The molecule has 0 saturated carbocycles. The summed E-state index contributed by atoms with van der Waals surface area (Å²) < 4.78 is 5.83. The molecule has 1 aromatic heterocycles. The van der Waals surface area contributed by atoms with Crippen molar-refractivity contribution in [1.82, 2.24) is 15.5 Å². The van der Waals surface area contributed by atoms with E-state index in [2.05, 4.69) is 57.4 Å². The fourth-order valence-corrected chi connectivity index (χ4v) is 4.58. The summed E-state index contributed by atoms with van der Waals surface area (Å²) in [4.78, 5) is 39.3. The van der Waals surface area contributed by atoms with E-state index in [0.29, 0.717) is 24.3 Å². The zero-order valence-corrected chi connectivity index (χ0v) is 21.2. The topological polar surface area (TPSA) is 91.7 Å². The first kappa shape index (κ1) is 24.5. The molecule has 4 rings (SSSR count). The SMILES string of the molecule is Cc1cc(C(C)(C)C)cc(C)c1CCNC(=O)CN1C(=O)NC(C)(c2cc3ccccc3o2)C1=O. The Bertz CT molecular complexity index is 1260. The monoisotopic (exact) mass is 475 g/mol. The average molecular weight is 476 g/mol. The summed E-state index contributed by atoms with van der Waals surface area (Å²) in [5.41, 5.74) is 4.21. The maximum Gasteiger partial charge on any atom is 0.325 e. The number of para-hydroxylation sites is 1. The number of nitrogens with one attached hydrogen (secondary N) is 2. The van der Waals surface area contributed by atoms with Crippen LogP contribution in [-0.2, 0) is 27.0 Å². The number of rotatable bonds is 6. The lowest BCUT2D eigenvalue weighted by Crippen LogP contribution is -2.43. The molecular weight excluding hydrogens is 442 g/mol. The molecule has 1 aliphatic rings. The van der Waals surface area contributed by atoms with Gasteiger partial charge in [-0.25, -0.2) is 4.79 Å². The maximum absolute atomic E-state index is 13.2. The van der Waals surface area contributed by atoms with Gasteiger partial charge in [-0.15, -0.1) is 0 Å². The minimum absolute atomic E-state index is 0.0714. The molecule has 1 atom stereocenters. The number of furan rings is 1. The Morgan fingerprint density at radius 3 is 2.37 bits per heavy atom. The fraction of sp³-hybridized carbons (Fsp3) is 0.393. The molecule has 2 N–H and O–H groups in total. The number of fused-ring (bicyclic) bond motifs is 1. The third-order valence-corrected chi connectivity index (χ3v) is 6.75. The van der Waals surface area contributed by atoms with Gasteiger partial charge in [-0.05, 0) is 67.0 Å². The smallest absolute Gasteiger partial charge is 0.325 e. The molecule has 1 fully saturated rings. The van der Waals surface area contributed by atoms with E-state index in [-0.39, 0.29) is 17.9 Å². The second-order valence-corrected chi connectivity index (χ2v) is 10.5. The molecule has 0 radical (unpaired) electrons. The van der Waals surface area contributed by atoms with Gasteiger partial charge in [0.2, 0.25) is 5.91 Å². The van der Waals surface area contributed by atoms with Crippen molar-refractivity contribution in [1.29, 1.82) is 0 Å². The molecule has 7 heteroatoms. The van der Waals surface area contributed by atoms with Gasteiger partial charge in [0.05, 0.1) is 0 Å². The molecule has 0 spiro atoms. The second-order valence-electron chi connectivity index (χ2n) is 10.5. The number of benzene rings is 2. The Kier molecular flexibility index (Phi) is 6.21. The quantitative estimate of drug-likeness (QED) is 0.515. The van der Waals surface area contributed by atoms with E-state index in [1.54, 1.807) is 19.1 Å². The number of urea groups is 1. The second kappa shape index (κ2) is 8.87. The highest BCUT2D eigenvalue weighted by Gasteiger charge is 2.51. The van der Waals surface area contributed by atoms with Crippen LogP contribution in [0.25, 0.3) is 11.0 Å². The van der Waals surface area contributed by atoms with Gasteiger partial charge in [-0.3, -0.25) is 14.5 Å². The molecule has 0 aliphatic carbocycles. The number of amides is 4. The van der Waals surface area contributed by atoms with Crippen molar-refractivity contribution in [2.45, 2.75) is 58.9 Å². The lowest BCUT2D eigenvalue weighted by Gasteiger charge is -2.22. The third kappa shape index (κ3) is 4.67. The molecule has 35 heavy (non-hydrogen) atoms. The Hall–Kier alpha value is -3.61. The van der Waals surface area contributed by atoms with Crippen molar-refractivity contribution in [3.63, 3.8) is 0 Å². The predicted molar refractivity (Wildman–Crippen MR) is 135 cm³/mol. The lowest BCUT2D eigenvalue weighted by molar-refractivity contribution is -0.135. The van der Waals surface area contributed by atoms with Crippen molar-refractivity contribution in [3.8, 4) is 0 Å². The van der Waals surface area contributed by atoms with Gasteiger partial charge in [0.25, 0.3) is 5.91 Å². The average Bonchev–Trinajstić information content (AvgIpc) is 3.31. The van der Waals surface area contributed by atoms with Crippen LogP contribution >= 0.6 is 0 Å². The van der Waals surface area contributed by atoms with Gasteiger partial charge in [0, 0.05) is 11.9 Å². The molecule has 7 nitrogen and oxygen atoms in total. The number of carbonyl (C=O) groups excluding carboxylic acids is 3. The lowest BCUT2D eigenvalue weighted by atomic mass is 9.83. The minimum Gasteiger partial charge on any atom is -0.458 e. The standard InChI is InChI=1S/C28H33N3O4/c1-17-13-20(27(3,4)5)14-18(2)21(17)11-12-29-24(32)16-31-25(33)28(6,30-26(31)34)23-15-19-9-7-8-10-22(19)35-23/h7-10,13-15H,11-12,16H2,1-6H3,(H,29,32)(H,30,34). The molecule has 2 aromatic carbocycles. The predicted octanol–water partition coefficient (Wildman–Crippen LogP) is 4.47. The zero-order chi connectivity index (χ0) is 25.5. The summed E-state index contributed by atoms with van der Waals surface area (Å²) >= 11 is 0. The molecule has 4 amide bonds. The molecule has 2 heterocycles. The van der Waals surface area contributed by atoms with Crippen LogP contribution in [0.4, 0.5) is 4.79 Å². The minimum atomic E-state index is -1.36. The first-order chi connectivity index (χ1) is 16.4. The number of nitrogens with zero attached hydrogens (tertiary/aromatic N) is 1. The summed E-state index contributed by atoms with van der Waals surface area (Å²) in [5, 5.41) is 6.38. The molecule has 1 aliphatic heterocycles. The normalized spacial score (nSPS) is 18.3. The molecule has 3 aromatic rings. The summed E-state index contributed by atoms with van der Waals surface area (Å²) in [5.74, 6) is -0.560. The molecular formula is C28H33N3O4. The maximum atomic E-state index is 13.2. The number of hydrogen-bond donors (Lipinski definition) is 2. The van der Waals surface area contributed by atoms with Crippen molar-refractivity contribution < 1.29 is 18.8 Å². The van der Waals surface area contributed by atoms with E-state index in [0.717, 1.165) is 10.3 Å². The van der Waals surface area contributed by atoms with E-state index in [1.807, 2.05) is 18.2 Å². The Morgan fingerprint density at radius 2 is 1.74 bits per heavy atom. The van der Waals surface area contributed by atoms with Gasteiger partial charge in [-0.1, -0.05) is 51.1 Å². The zero-order valence-electron chi connectivity index (χ0n) is 21.2. The van der Waals surface area contributed by atoms with E-state index >= 15 is 0 Å². The van der Waals surface area contributed by atoms with Crippen molar-refractivity contribution in [3.05, 3.63) is 70.5 Å². The van der Waals surface area contributed by atoms with Crippen molar-refractivity contribution in [2.24, 2.45) is 0 Å². The van der Waals surface area contributed by atoms with Gasteiger partial charge < -0.3 is 15.1 Å². The van der Waals surface area contributed by atoms with Crippen LogP contribution in [0.5, 0.6) is 0 Å². The summed E-state index contributed by atoms with van der Waals surface area (Å²) in [6.07, 6.45) is 0.671. The number of imide groups is 1. The highest BCUT2D eigenvalue weighted by Crippen LogP contribution is 2.33. The van der Waals surface area contributed by atoms with Crippen LogP contribution in [0.1, 0.15) is 55.7 Å². The fourth-order valence-electron chi connectivity index (χ4n) is 4.58. The van der Waals surface area contributed by atoms with Gasteiger partial charge >= 0.3 is 6.03 Å². The summed E-state index contributed by atoms with van der Waals surface area (Å²) in [7, 11) is 0. The Labute approximate surface area is 205 Å². The Balaban J connectivity index is 1.39. The van der Waals surface area contributed by atoms with Crippen LogP contribution in [-0.4, -0.2) is 35.8 Å². The summed E-state index contributed by atoms with van der Waals surface area (Å²) in [6.45, 7) is 12.4. The highest BCUT2D eigenvalue weighted by molar-refractivity contribution is 6.09. The molecule has 1 unspecified atom stereocenters. The van der Waals surface area contributed by atoms with E-state index in [4.69, 9.17) is 4.42 Å². The largest absolute Gasteiger partial charge is 0.458 e.